The fourth-order valence-electron chi connectivity index (χ4n) is 2.74. The lowest BCUT2D eigenvalue weighted by atomic mass is 9.99. The summed E-state index contributed by atoms with van der Waals surface area (Å²) in [5.41, 5.74) is 8.30. The van der Waals surface area contributed by atoms with Crippen LogP contribution in [0.5, 0.6) is 0 Å². The summed E-state index contributed by atoms with van der Waals surface area (Å²) >= 11 is 0. The number of hydrogen-bond donors (Lipinski definition) is 2. The van der Waals surface area contributed by atoms with Crippen LogP contribution in [0.2, 0.25) is 0 Å². The highest BCUT2D eigenvalue weighted by Crippen LogP contribution is 2.19. The van der Waals surface area contributed by atoms with E-state index in [1.807, 2.05) is 25.1 Å². The van der Waals surface area contributed by atoms with E-state index in [2.05, 4.69) is 17.1 Å². The Hall–Kier alpha value is -1.55. The molecule has 1 aromatic carbocycles. The Morgan fingerprint density at radius 3 is 2.81 bits per heavy atom. The van der Waals surface area contributed by atoms with Gasteiger partial charge in [-0.25, -0.2) is 0 Å². The van der Waals surface area contributed by atoms with Gasteiger partial charge in [0.15, 0.2) is 0 Å². The molecule has 0 radical (unpaired) electrons. The molecule has 0 unspecified atom stereocenters. The fourth-order valence-corrected chi connectivity index (χ4v) is 2.74. The first-order valence-electron chi connectivity index (χ1n) is 7.93. The summed E-state index contributed by atoms with van der Waals surface area (Å²) in [6, 6.07) is 5.60. The van der Waals surface area contributed by atoms with Gasteiger partial charge in [-0.05, 0) is 69.4 Å². The number of rotatable bonds is 5. The van der Waals surface area contributed by atoms with Gasteiger partial charge >= 0.3 is 0 Å². The SMILES string of the molecule is Cc1ccc(N)cc1NC(=O)CCCN1CCC(C)CC1. The Morgan fingerprint density at radius 2 is 2.10 bits per heavy atom. The molecule has 0 saturated carbocycles. The van der Waals surface area contributed by atoms with Gasteiger partial charge in [-0.1, -0.05) is 13.0 Å². The van der Waals surface area contributed by atoms with Gasteiger partial charge < -0.3 is 16.0 Å². The molecule has 1 aliphatic rings. The topological polar surface area (TPSA) is 58.4 Å². The van der Waals surface area contributed by atoms with Crippen LogP contribution in [0.4, 0.5) is 11.4 Å². The van der Waals surface area contributed by atoms with Crippen LogP contribution >= 0.6 is 0 Å². The maximum Gasteiger partial charge on any atom is 0.224 e. The summed E-state index contributed by atoms with van der Waals surface area (Å²) in [7, 11) is 0. The summed E-state index contributed by atoms with van der Waals surface area (Å²) in [4.78, 5) is 14.5. The van der Waals surface area contributed by atoms with E-state index in [0.717, 1.165) is 30.1 Å². The van der Waals surface area contributed by atoms with Crippen molar-refractivity contribution >= 4 is 17.3 Å². The normalized spacial score (nSPS) is 16.9. The van der Waals surface area contributed by atoms with Crippen LogP contribution in [0.15, 0.2) is 18.2 Å². The third-order valence-corrected chi connectivity index (χ3v) is 4.29. The Labute approximate surface area is 127 Å². The second-order valence-electron chi connectivity index (χ2n) is 6.25. The number of carbonyl (C=O) groups excluding carboxylic acids is 1. The van der Waals surface area contributed by atoms with Crippen molar-refractivity contribution in [3.05, 3.63) is 23.8 Å². The number of amides is 1. The van der Waals surface area contributed by atoms with E-state index in [-0.39, 0.29) is 5.91 Å². The molecule has 4 nitrogen and oxygen atoms in total. The number of nitrogen functional groups attached to an aromatic ring is 1. The molecule has 1 heterocycles. The predicted octanol–water partition coefficient (Wildman–Crippen LogP) is 3.03. The first-order valence-corrected chi connectivity index (χ1v) is 7.93. The summed E-state index contributed by atoms with van der Waals surface area (Å²) in [6.07, 6.45) is 4.06. The lowest BCUT2D eigenvalue weighted by Gasteiger charge is -2.30. The van der Waals surface area contributed by atoms with Crippen molar-refractivity contribution in [2.45, 2.75) is 39.5 Å². The molecule has 0 aliphatic carbocycles. The van der Waals surface area contributed by atoms with Crippen molar-refractivity contribution in [2.24, 2.45) is 5.92 Å². The minimum Gasteiger partial charge on any atom is -0.399 e. The van der Waals surface area contributed by atoms with Gasteiger partial charge in [-0.3, -0.25) is 4.79 Å². The van der Waals surface area contributed by atoms with Crippen molar-refractivity contribution < 1.29 is 4.79 Å². The maximum atomic E-state index is 12.0. The van der Waals surface area contributed by atoms with E-state index in [0.29, 0.717) is 12.1 Å². The zero-order chi connectivity index (χ0) is 15.2. The third kappa shape index (κ3) is 5.05. The van der Waals surface area contributed by atoms with Crippen LogP contribution in [0.1, 0.15) is 38.2 Å². The van der Waals surface area contributed by atoms with Crippen molar-refractivity contribution in [3.63, 3.8) is 0 Å². The summed E-state index contributed by atoms with van der Waals surface area (Å²) < 4.78 is 0. The highest BCUT2D eigenvalue weighted by atomic mass is 16.1. The zero-order valence-electron chi connectivity index (χ0n) is 13.2. The molecule has 0 aromatic heterocycles. The Bertz CT molecular complexity index is 479. The van der Waals surface area contributed by atoms with Crippen LogP contribution < -0.4 is 11.1 Å². The molecular formula is C17H27N3O. The molecule has 0 spiro atoms. The Balaban J connectivity index is 1.71. The number of hydrogen-bond acceptors (Lipinski definition) is 3. The molecule has 0 bridgehead atoms. The molecular weight excluding hydrogens is 262 g/mol. The highest BCUT2D eigenvalue weighted by Gasteiger charge is 2.15. The smallest absolute Gasteiger partial charge is 0.224 e. The molecule has 1 amide bonds. The van der Waals surface area contributed by atoms with Gasteiger partial charge in [0, 0.05) is 17.8 Å². The van der Waals surface area contributed by atoms with Crippen LogP contribution in [0, 0.1) is 12.8 Å². The van der Waals surface area contributed by atoms with Crippen LogP contribution in [-0.2, 0) is 4.79 Å². The number of benzene rings is 1. The Morgan fingerprint density at radius 1 is 1.38 bits per heavy atom. The van der Waals surface area contributed by atoms with Crippen molar-refractivity contribution in [1.82, 2.24) is 4.90 Å². The number of anilines is 2. The number of aryl methyl sites for hydroxylation is 1. The van der Waals surface area contributed by atoms with Crippen LogP contribution in [0.3, 0.4) is 0 Å². The van der Waals surface area contributed by atoms with Gasteiger partial charge in [0.2, 0.25) is 5.91 Å². The molecule has 3 N–H and O–H groups in total. The largest absolute Gasteiger partial charge is 0.399 e. The van der Waals surface area contributed by atoms with Gasteiger partial charge in [-0.15, -0.1) is 0 Å². The van der Waals surface area contributed by atoms with Crippen LogP contribution in [0.25, 0.3) is 0 Å². The molecule has 116 valence electrons. The van der Waals surface area contributed by atoms with Crippen molar-refractivity contribution in [2.75, 3.05) is 30.7 Å². The lowest BCUT2D eigenvalue weighted by molar-refractivity contribution is -0.116. The maximum absolute atomic E-state index is 12.0. The summed E-state index contributed by atoms with van der Waals surface area (Å²) in [5, 5.41) is 2.96. The first-order chi connectivity index (χ1) is 10.0. The zero-order valence-corrected chi connectivity index (χ0v) is 13.2. The quantitative estimate of drug-likeness (QED) is 0.819. The molecule has 1 fully saturated rings. The van der Waals surface area contributed by atoms with E-state index >= 15 is 0 Å². The number of nitrogens with zero attached hydrogens (tertiary/aromatic N) is 1. The minimum atomic E-state index is 0.0778. The summed E-state index contributed by atoms with van der Waals surface area (Å²) in [6.45, 7) is 7.67. The van der Waals surface area contributed by atoms with E-state index in [1.165, 1.54) is 25.9 Å². The second-order valence-corrected chi connectivity index (χ2v) is 6.25. The molecule has 4 heteroatoms. The molecule has 1 aliphatic heterocycles. The van der Waals surface area contributed by atoms with E-state index in [4.69, 9.17) is 5.73 Å². The third-order valence-electron chi connectivity index (χ3n) is 4.29. The van der Waals surface area contributed by atoms with Crippen molar-refractivity contribution in [3.8, 4) is 0 Å². The number of likely N-dealkylation sites (tertiary alicyclic amines) is 1. The van der Waals surface area contributed by atoms with Gasteiger partial charge in [-0.2, -0.15) is 0 Å². The van der Waals surface area contributed by atoms with Crippen molar-refractivity contribution in [1.29, 1.82) is 0 Å². The lowest BCUT2D eigenvalue weighted by Crippen LogP contribution is -2.33. The molecule has 0 atom stereocenters. The summed E-state index contributed by atoms with van der Waals surface area (Å²) in [5.74, 6) is 0.935. The monoisotopic (exact) mass is 289 g/mol. The standard InChI is InChI=1S/C17H27N3O/c1-13-7-10-20(11-8-13)9-3-4-17(21)19-16-12-15(18)6-5-14(16)2/h5-6,12-13H,3-4,7-11,18H2,1-2H3,(H,19,21). The predicted molar refractivity (Wildman–Crippen MR) is 88.3 cm³/mol. The van der Waals surface area contributed by atoms with E-state index in [9.17, 15) is 4.79 Å². The molecule has 21 heavy (non-hydrogen) atoms. The average Bonchev–Trinajstić information content (AvgIpc) is 2.45. The van der Waals surface area contributed by atoms with Gasteiger partial charge in [0.1, 0.15) is 0 Å². The van der Waals surface area contributed by atoms with E-state index in [1.54, 1.807) is 0 Å². The van der Waals surface area contributed by atoms with Gasteiger partial charge in [0.05, 0.1) is 0 Å². The highest BCUT2D eigenvalue weighted by molar-refractivity contribution is 5.91. The average molecular weight is 289 g/mol. The number of carbonyl (C=O) groups is 1. The fraction of sp³-hybridized carbons (Fsp3) is 0.588. The Kier molecular flexibility index (Phi) is 5.62. The minimum absolute atomic E-state index is 0.0778. The number of piperidine rings is 1. The number of nitrogens with one attached hydrogen (secondary N) is 1. The molecule has 2 rings (SSSR count). The number of nitrogens with two attached hydrogens (primary N) is 1. The van der Waals surface area contributed by atoms with Crippen LogP contribution in [-0.4, -0.2) is 30.4 Å². The molecule has 1 saturated heterocycles. The molecule has 1 aromatic rings. The van der Waals surface area contributed by atoms with E-state index < -0.39 is 0 Å². The van der Waals surface area contributed by atoms with Gasteiger partial charge in [0.25, 0.3) is 0 Å². The first kappa shape index (κ1) is 15.8. The second kappa shape index (κ2) is 7.46.